The van der Waals surface area contributed by atoms with Crippen LogP contribution < -0.4 is 4.74 Å². The van der Waals surface area contributed by atoms with E-state index in [1.165, 1.54) is 22.4 Å². The van der Waals surface area contributed by atoms with E-state index in [1.807, 2.05) is 41.9 Å². The minimum atomic E-state index is -0.495. The van der Waals surface area contributed by atoms with Gasteiger partial charge in [-0.25, -0.2) is 9.36 Å². The molecule has 196 valence electrons. The third-order valence-electron chi connectivity index (χ3n) is 6.76. The first kappa shape index (κ1) is 25.2. The van der Waals surface area contributed by atoms with Gasteiger partial charge in [-0.05, 0) is 38.1 Å². The second kappa shape index (κ2) is 10.9. The SMILES string of the molecule is Cc1nn(-c2ccccc2)c(C)c1CN1CCN(C(=O)c2ccn(COc3ccccc3[N+](=O)[O-])n2)CC1. The molecule has 2 aromatic heterocycles. The van der Waals surface area contributed by atoms with Crippen molar-refractivity contribution in [2.45, 2.75) is 27.1 Å². The van der Waals surface area contributed by atoms with Gasteiger partial charge >= 0.3 is 5.69 Å². The highest BCUT2D eigenvalue weighted by atomic mass is 16.6. The van der Waals surface area contributed by atoms with Crippen LogP contribution in [0.3, 0.4) is 0 Å². The van der Waals surface area contributed by atoms with Crippen LogP contribution in [-0.2, 0) is 13.3 Å². The monoisotopic (exact) mass is 515 g/mol. The van der Waals surface area contributed by atoms with Gasteiger partial charge in [0, 0.05) is 56.2 Å². The van der Waals surface area contributed by atoms with Crippen LogP contribution in [0.4, 0.5) is 5.69 Å². The first-order valence-corrected chi connectivity index (χ1v) is 12.4. The molecule has 2 aromatic carbocycles. The Hall–Kier alpha value is -4.51. The van der Waals surface area contributed by atoms with E-state index in [9.17, 15) is 14.9 Å². The lowest BCUT2D eigenvalue weighted by atomic mass is 10.1. The third-order valence-corrected chi connectivity index (χ3v) is 6.76. The van der Waals surface area contributed by atoms with E-state index in [-0.39, 0.29) is 24.1 Å². The van der Waals surface area contributed by atoms with Crippen LogP contribution in [0.25, 0.3) is 5.69 Å². The Morgan fingerprint density at radius 3 is 2.42 bits per heavy atom. The Bertz CT molecular complexity index is 1440. The summed E-state index contributed by atoms with van der Waals surface area (Å²) in [7, 11) is 0. The first-order valence-electron chi connectivity index (χ1n) is 12.4. The molecular weight excluding hydrogens is 486 g/mol. The Balaban J connectivity index is 1.16. The normalized spacial score (nSPS) is 14.0. The summed E-state index contributed by atoms with van der Waals surface area (Å²) in [5, 5.41) is 20.2. The fraction of sp³-hybridized carbons (Fsp3) is 0.296. The maximum atomic E-state index is 13.1. The third kappa shape index (κ3) is 5.28. The van der Waals surface area contributed by atoms with E-state index in [0.717, 1.165) is 36.7 Å². The molecule has 0 bridgehead atoms. The number of aromatic nitrogens is 4. The molecule has 11 nitrogen and oxygen atoms in total. The highest BCUT2D eigenvalue weighted by Gasteiger charge is 2.25. The lowest BCUT2D eigenvalue weighted by Gasteiger charge is -2.34. The molecule has 3 heterocycles. The second-order valence-corrected chi connectivity index (χ2v) is 9.20. The Kier molecular flexibility index (Phi) is 7.18. The zero-order chi connectivity index (χ0) is 26.6. The number of hydrogen-bond donors (Lipinski definition) is 0. The van der Waals surface area contributed by atoms with E-state index in [0.29, 0.717) is 18.8 Å². The van der Waals surface area contributed by atoms with Crippen molar-refractivity contribution in [3.63, 3.8) is 0 Å². The Morgan fingerprint density at radius 2 is 1.68 bits per heavy atom. The highest BCUT2D eigenvalue weighted by Crippen LogP contribution is 2.26. The van der Waals surface area contributed by atoms with E-state index in [1.54, 1.807) is 29.3 Å². The predicted molar refractivity (Wildman–Crippen MR) is 140 cm³/mol. The molecule has 0 radical (unpaired) electrons. The van der Waals surface area contributed by atoms with Gasteiger partial charge in [0.1, 0.15) is 0 Å². The molecule has 0 saturated carbocycles. The number of hydrogen-bond acceptors (Lipinski definition) is 7. The number of rotatable bonds is 8. The lowest BCUT2D eigenvalue weighted by molar-refractivity contribution is -0.386. The minimum absolute atomic E-state index is 0.0404. The van der Waals surface area contributed by atoms with E-state index >= 15 is 0 Å². The topological polar surface area (TPSA) is 112 Å². The summed E-state index contributed by atoms with van der Waals surface area (Å²) < 4.78 is 9.00. The van der Waals surface area contributed by atoms with E-state index < -0.39 is 4.92 Å². The average molecular weight is 516 g/mol. The summed E-state index contributed by atoms with van der Waals surface area (Å²) in [5.41, 5.74) is 4.60. The molecule has 0 unspecified atom stereocenters. The summed E-state index contributed by atoms with van der Waals surface area (Å²) in [5.74, 6) is 0.00938. The van der Waals surface area contributed by atoms with Gasteiger partial charge in [-0.2, -0.15) is 10.2 Å². The molecule has 1 aliphatic rings. The number of ether oxygens (including phenoxy) is 1. The number of piperazine rings is 1. The summed E-state index contributed by atoms with van der Waals surface area (Å²) in [6, 6.07) is 17.9. The number of amides is 1. The standard InChI is InChI=1S/C27H29N7O4/c1-20-23(21(2)33(28-20)22-8-4-3-5-9-22)18-30-14-16-31(17-15-30)27(35)24-12-13-32(29-24)19-38-26-11-7-6-10-25(26)34(36)37/h3-13H,14-19H2,1-2H3. The van der Waals surface area contributed by atoms with Crippen molar-refractivity contribution >= 4 is 11.6 Å². The summed E-state index contributed by atoms with van der Waals surface area (Å²) in [6.45, 7) is 7.58. The maximum Gasteiger partial charge on any atom is 0.311 e. The van der Waals surface area contributed by atoms with Crippen LogP contribution in [-0.4, -0.2) is 66.4 Å². The number of carbonyl (C=O) groups excluding carboxylic acids is 1. The van der Waals surface area contributed by atoms with Gasteiger partial charge in [-0.3, -0.25) is 19.8 Å². The molecule has 0 atom stereocenters. The van der Waals surface area contributed by atoms with Crippen molar-refractivity contribution in [1.82, 2.24) is 29.4 Å². The average Bonchev–Trinajstić information content (AvgIpc) is 3.53. The summed E-state index contributed by atoms with van der Waals surface area (Å²) in [4.78, 5) is 27.9. The van der Waals surface area contributed by atoms with Crippen molar-refractivity contribution in [2.75, 3.05) is 26.2 Å². The number of nitro groups is 1. The summed E-state index contributed by atoms with van der Waals surface area (Å²) >= 11 is 0. The predicted octanol–water partition coefficient (Wildman–Crippen LogP) is 3.59. The zero-order valence-corrected chi connectivity index (χ0v) is 21.4. The molecule has 0 aliphatic carbocycles. The molecule has 5 rings (SSSR count). The van der Waals surface area contributed by atoms with Crippen LogP contribution >= 0.6 is 0 Å². The molecule has 1 fully saturated rings. The van der Waals surface area contributed by atoms with Crippen LogP contribution in [0.15, 0.2) is 66.9 Å². The van der Waals surface area contributed by atoms with Gasteiger partial charge in [-0.15, -0.1) is 0 Å². The largest absolute Gasteiger partial charge is 0.464 e. The molecule has 0 spiro atoms. The minimum Gasteiger partial charge on any atom is -0.464 e. The number of nitrogens with zero attached hydrogens (tertiary/aromatic N) is 7. The van der Waals surface area contributed by atoms with Gasteiger partial charge in [0.25, 0.3) is 5.91 Å². The Morgan fingerprint density at radius 1 is 0.974 bits per heavy atom. The van der Waals surface area contributed by atoms with Crippen molar-refractivity contribution < 1.29 is 14.5 Å². The van der Waals surface area contributed by atoms with Crippen LogP contribution in [0.5, 0.6) is 5.75 Å². The molecule has 1 amide bonds. The summed E-state index contributed by atoms with van der Waals surface area (Å²) in [6.07, 6.45) is 1.63. The van der Waals surface area contributed by atoms with Crippen molar-refractivity contribution in [1.29, 1.82) is 0 Å². The number of benzene rings is 2. The number of aryl methyl sites for hydroxylation is 1. The van der Waals surface area contributed by atoms with E-state index in [4.69, 9.17) is 9.84 Å². The zero-order valence-electron chi connectivity index (χ0n) is 21.4. The number of para-hydroxylation sites is 3. The molecule has 0 N–H and O–H groups in total. The number of nitro benzene ring substituents is 1. The van der Waals surface area contributed by atoms with Gasteiger partial charge in [-0.1, -0.05) is 30.3 Å². The van der Waals surface area contributed by atoms with Crippen molar-refractivity contribution in [3.8, 4) is 11.4 Å². The van der Waals surface area contributed by atoms with Crippen molar-refractivity contribution in [2.24, 2.45) is 0 Å². The molecule has 1 aliphatic heterocycles. The molecule has 4 aromatic rings. The fourth-order valence-corrected chi connectivity index (χ4v) is 4.63. The highest BCUT2D eigenvalue weighted by molar-refractivity contribution is 5.92. The quantitative estimate of drug-likeness (QED) is 0.260. The second-order valence-electron chi connectivity index (χ2n) is 9.20. The lowest BCUT2D eigenvalue weighted by Crippen LogP contribution is -2.48. The smallest absolute Gasteiger partial charge is 0.311 e. The first-order chi connectivity index (χ1) is 18.4. The fourth-order valence-electron chi connectivity index (χ4n) is 4.63. The maximum absolute atomic E-state index is 13.1. The molecule has 38 heavy (non-hydrogen) atoms. The van der Waals surface area contributed by atoms with Crippen LogP contribution in [0.2, 0.25) is 0 Å². The van der Waals surface area contributed by atoms with Gasteiger partial charge in [0.15, 0.2) is 18.2 Å². The molecule has 1 saturated heterocycles. The Labute approximate surface area is 220 Å². The van der Waals surface area contributed by atoms with Crippen molar-refractivity contribution in [3.05, 3.63) is 99.6 Å². The molecule has 11 heteroatoms. The van der Waals surface area contributed by atoms with E-state index in [2.05, 4.69) is 16.9 Å². The van der Waals surface area contributed by atoms with Crippen LogP contribution in [0.1, 0.15) is 27.4 Å². The number of carbonyl (C=O) groups is 1. The van der Waals surface area contributed by atoms with Crippen LogP contribution in [0, 0.1) is 24.0 Å². The van der Waals surface area contributed by atoms with Gasteiger partial charge in [0.05, 0.1) is 16.3 Å². The van der Waals surface area contributed by atoms with Gasteiger partial charge < -0.3 is 9.64 Å². The van der Waals surface area contributed by atoms with Gasteiger partial charge in [0.2, 0.25) is 0 Å². The molecular formula is C27H29N7O4.